The molecular formula is C24H27N3O3. The standard InChI is InChI=1S/C24H27N3O3/c1-17-11-19(6-5-18-3-4-18)7-8-21(17)26(2)23(28)20-12-27(16-25-20)13-22-29-14-24(9-10-24)15-30-22/h7-8,11-12,16,18,22H,3-4,9-10,13-15H2,1-2H3. The molecule has 156 valence electrons. The summed E-state index contributed by atoms with van der Waals surface area (Å²) in [5.74, 6) is 6.94. The van der Waals surface area contributed by atoms with Crippen molar-refractivity contribution >= 4 is 11.6 Å². The Morgan fingerprint density at radius 1 is 1.30 bits per heavy atom. The van der Waals surface area contributed by atoms with Gasteiger partial charge >= 0.3 is 0 Å². The number of hydrogen-bond donors (Lipinski definition) is 0. The number of amides is 1. The summed E-state index contributed by atoms with van der Waals surface area (Å²) in [5, 5.41) is 0. The number of aryl methyl sites for hydroxylation is 1. The Morgan fingerprint density at radius 2 is 2.07 bits per heavy atom. The van der Waals surface area contributed by atoms with Crippen molar-refractivity contribution in [1.82, 2.24) is 9.55 Å². The SMILES string of the molecule is Cc1cc(C#CC2CC2)ccc1N(C)C(=O)c1cn(CC2OCC3(CC3)CO2)cn1. The first-order valence-electron chi connectivity index (χ1n) is 10.7. The van der Waals surface area contributed by atoms with E-state index in [1.807, 2.05) is 29.7 Å². The summed E-state index contributed by atoms with van der Waals surface area (Å²) in [6.07, 6.45) is 7.97. The van der Waals surface area contributed by atoms with E-state index in [2.05, 4.69) is 16.8 Å². The van der Waals surface area contributed by atoms with Gasteiger partial charge in [0.2, 0.25) is 0 Å². The molecular weight excluding hydrogens is 378 g/mol. The minimum Gasteiger partial charge on any atom is -0.350 e. The fraction of sp³-hybridized carbons (Fsp3) is 0.500. The molecule has 5 rings (SSSR count). The third kappa shape index (κ3) is 4.14. The van der Waals surface area contributed by atoms with E-state index in [1.54, 1.807) is 24.5 Å². The number of benzene rings is 1. The second-order valence-corrected chi connectivity index (χ2v) is 8.92. The fourth-order valence-corrected chi connectivity index (χ4v) is 3.75. The number of imidazole rings is 1. The van der Waals surface area contributed by atoms with E-state index in [0.29, 0.717) is 18.2 Å². The van der Waals surface area contributed by atoms with Crippen molar-refractivity contribution in [2.45, 2.75) is 45.4 Å². The van der Waals surface area contributed by atoms with Gasteiger partial charge in [0.05, 0.1) is 26.1 Å². The number of ether oxygens (including phenoxy) is 2. The number of anilines is 1. The largest absolute Gasteiger partial charge is 0.350 e. The molecule has 3 fully saturated rings. The number of carbonyl (C=O) groups is 1. The van der Waals surface area contributed by atoms with Gasteiger partial charge in [-0.1, -0.05) is 11.8 Å². The molecule has 3 aliphatic rings. The zero-order chi connectivity index (χ0) is 20.7. The molecule has 6 nitrogen and oxygen atoms in total. The number of carbonyl (C=O) groups excluding carboxylic acids is 1. The lowest BCUT2D eigenvalue weighted by Crippen LogP contribution is -2.35. The molecule has 1 aromatic heterocycles. The van der Waals surface area contributed by atoms with E-state index in [-0.39, 0.29) is 17.6 Å². The zero-order valence-electron chi connectivity index (χ0n) is 17.6. The average molecular weight is 405 g/mol. The van der Waals surface area contributed by atoms with E-state index in [1.165, 1.54) is 25.7 Å². The Morgan fingerprint density at radius 3 is 2.73 bits per heavy atom. The molecule has 1 aromatic carbocycles. The minimum absolute atomic E-state index is 0.143. The second kappa shape index (κ2) is 7.57. The fourth-order valence-electron chi connectivity index (χ4n) is 3.75. The molecule has 2 aliphatic carbocycles. The smallest absolute Gasteiger partial charge is 0.278 e. The molecule has 0 atom stereocenters. The molecule has 1 saturated heterocycles. The minimum atomic E-state index is -0.280. The maximum atomic E-state index is 13.0. The van der Waals surface area contributed by atoms with E-state index < -0.39 is 0 Å². The van der Waals surface area contributed by atoms with Crippen LogP contribution in [0.1, 0.15) is 47.3 Å². The van der Waals surface area contributed by atoms with Crippen molar-refractivity contribution in [3.8, 4) is 11.8 Å². The highest BCUT2D eigenvalue weighted by atomic mass is 16.7. The van der Waals surface area contributed by atoms with E-state index in [4.69, 9.17) is 9.47 Å². The van der Waals surface area contributed by atoms with E-state index in [0.717, 1.165) is 30.0 Å². The van der Waals surface area contributed by atoms with Crippen LogP contribution in [0.3, 0.4) is 0 Å². The maximum Gasteiger partial charge on any atom is 0.278 e. The molecule has 1 spiro atoms. The molecule has 30 heavy (non-hydrogen) atoms. The van der Waals surface area contributed by atoms with Crippen LogP contribution < -0.4 is 4.90 Å². The molecule has 0 unspecified atom stereocenters. The molecule has 2 saturated carbocycles. The molecule has 0 bridgehead atoms. The van der Waals surface area contributed by atoms with E-state index in [9.17, 15) is 4.79 Å². The molecule has 1 amide bonds. The van der Waals surface area contributed by atoms with Gasteiger partial charge in [0.25, 0.3) is 5.91 Å². The van der Waals surface area contributed by atoms with Gasteiger partial charge in [-0.3, -0.25) is 4.79 Å². The molecule has 1 aliphatic heterocycles. The Balaban J connectivity index is 1.23. The van der Waals surface area contributed by atoms with Crippen molar-refractivity contribution in [2.24, 2.45) is 11.3 Å². The summed E-state index contributed by atoms with van der Waals surface area (Å²) >= 11 is 0. The molecule has 2 heterocycles. The topological polar surface area (TPSA) is 56.6 Å². The van der Waals surface area contributed by atoms with Crippen molar-refractivity contribution in [3.05, 3.63) is 47.5 Å². The predicted octanol–water partition coefficient (Wildman–Crippen LogP) is 3.38. The van der Waals surface area contributed by atoms with Crippen LogP contribution in [0.15, 0.2) is 30.7 Å². The Bertz CT molecular complexity index is 1010. The first kappa shape index (κ1) is 19.3. The Hall–Kier alpha value is -2.62. The Labute approximate surface area is 177 Å². The van der Waals surface area contributed by atoms with Crippen LogP contribution in [-0.4, -0.2) is 42.0 Å². The Kier molecular flexibility index (Phi) is 4.88. The maximum absolute atomic E-state index is 13.0. The number of nitrogens with zero attached hydrogens (tertiary/aromatic N) is 3. The summed E-state index contributed by atoms with van der Waals surface area (Å²) in [6.45, 7) is 4.07. The quantitative estimate of drug-likeness (QED) is 0.732. The lowest BCUT2D eigenvalue weighted by molar-refractivity contribution is -0.212. The van der Waals surface area contributed by atoms with Gasteiger partial charge in [-0.25, -0.2) is 4.98 Å². The highest BCUT2D eigenvalue weighted by Crippen LogP contribution is 2.48. The molecule has 0 radical (unpaired) electrons. The molecule has 2 aromatic rings. The summed E-state index contributed by atoms with van der Waals surface area (Å²) in [4.78, 5) is 18.9. The van der Waals surface area contributed by atoms with Crippen molar-refractivity contribution < 1.29 is 14.3 Å². The third-order valence-corrected chi connectivity index (χ3v) is 6.18. The van der Waals surface area contributed by atoms with Gasteiger partial charge in [0.1, 0.15) is 5.69 Å². The predicted molar refractivity (Wildman–Crippen MR) is 113 cm³/mol. The molecule has 6 heteroatoms. The summed E-state index contributed by atoms with van der Waals surface area (Å²) in [6, 6.07) is 5.97. The number of aromatic nitrogens is 2. The van der Waals surface area contributed by atoms with Crippen molar-refractivity contribution in [2.75, 3.05) is 25.2 Å². The second-order valence-electron chi connectivity index (χ2n) is 8.92. The van der Waals surface area contributed by atoms with Gasteiger partial charge in [-0.05, 0) is 56.4 Å². The van der Waals surface area contributed by atoms with Crippen molar-refractivity contribution in [3.63, 3.8) is 0 Å². The summed E-state index contributed by atoms with van der Waals surface area (Å²) < 4.78 is 13.5. The van der Waals surface area contributed by atoms with Gasteiger partial charge in [0.15, 0.2) is 6.29 Å². The van der Waals surface area contributed by atoms with E-state index >= 15 is 0 Å². The van der Waals surface area contributed by atoms with Crippen LogP contribution in [0.5, 0.6) is 0 Å². The first-order chi connectivity index (χ1) is 14.5. The molecule has 0 N–H and O–H groups in total. The van der Waals surface area contributed by atoms with Gasteiger partial charge < -0.3 is 18.9 Å². The first-order valence-corrected chi connectivity index (χ1v) is 10.7. The van der Waals surface area contributed by atoms with Crippen LogP contribution in [-0.2, 0) is 16.0 Å². The van der Waals surface area contributed by atoms with Gasteiger partial charge in [-0.15, -0.1) is 0 Å². The zero-order valence-corrected chi connectivity index (χ0v) is 17.6. The third-order valence-electron chi connectivity index (χ3n) is 6.18. The normalized spacial score (nSPS) is 19.9. The van der Waals surface area contributed by atoms with Crippen LogP contribution >= 0.6 is 0 Å². The average Bonchev–Trinajstić information content (AvgIpc) is 3.67. The van der Waals surface area contributed by atoms with Crippen molar-refractivity contribution in [1.29, 1.82) is 0 Å². The van der Waals surface area contributed by atoms with Gasteiger partial charge in [0, 0.05) is 35.8 Å². The summed E-state index contributed by atoms with van der Waals surface area (Å²) in [7, 11) is 1.78. The van der Waals surface area contributed by atoms with Gasteiger partial charge in [-0.2, -0.15) is 0 Å². The van der Waals surface area contributed by atoms with Crippen LogP contribution in [0.25, 0.3) is 0 Å². The lowest BCUT2D eigenvalue weighted by atomic mass is 10.1. The van der Waals surface area contributed by atoms with Crippen LogP contribution in [0.4, 0.5) is 5.69 Å². The van der Waals surface area contributed by atoms with Crippen LogP contribution in [0, 0.1) is 30.1 Å². The monoisotopic (exact) mass is 405 g/mol. The number of hydrogen-bond acceptors (Lipinski definition) is 4. The highest BCUT2D eigenvalue weighted by Gasteiger charge is 2.46. The lowest BCUT2D eigenvalue weighted by Gasteiger charge is -2.29. The number of rotatable bonds is 4. The summed E-state index contributed by atoms with van der Waals surface area (Å²) in [5.41, 5.74) is 3.57. The highest BCUT2D eigenvalue weighted by molar-refractivity contribution is 6.04. The van der Waals surface area contributed by atoms with Crippen LogP contribution in [0.2, 0.25) is 0 Å².